The molecule has 0 saturated heterocycles. The van der Waals surface area contributed by atoms with Crippen molar-refractivity contribution < 1.29 is 19.1 Å². The summed E-state index contributed by atoms with van der Waals surface area (Å²) < 4.78 is 11.2. The molecule has 0 bridgehead atoms. The van der Waals surface area contributed by atoms with Gasteiger partial charge in [0.05, 0.1) is 5.02 Å². The summed E-state index contributed by atoms with van der Waals surface area (Å²) in [5, 5.41) is 2.98. The quantitative estimate of drug-likeness (QED) is 0.362. The van der Waals surface area contributed by atoms with Crippen molar-refractivity contribution in [2.24, 2.45) is 0 Å². The highest BCUT2D eigenvalue weighted by molar-refractivity contribution is 6.37. The summed E-state index contributed by atoms with van der Waals surface area (Å²) in [6.07, 6.45) is 0.496. The average Bonchev–Trinajstić information content (AvgIpc) is 2.63. The second-order valence-electron chi connectivity index (χ2n) is 5.52. The van der Waals surface area contributed by atoms with Crippen LogP contribution in [0.15, 0.2) is 42.5 Å². The molecule has 5 heteroatoms. The van der Waals surface area contributed by atoms with Gasteiger partial charge in [-0.3, -0.25) is 9.59 Å². The summed E-state index contributed by atoms with van der Waals surface area (Å²) >= 11 is 6.40. The lowest BCUT2D eigenvalue weighted by Gasteiger charge is -2.16. The number of benzene rings is 3. The van der Waals surface area contributed by atoms with Crippen LogP contribution in [-0.4, -0.2) is 11.9 Å². The average molecular weight is 357 g/mol. The highest BCUT2D eigenvalue weighted by Gasteiger charge is 2.20. The maximum Gasteiger partial charge on any atom is 0.310 e. The summed E-state index contributed by atoms with van der Waals surface area (Å²) in [6.45, 7) is 3.46. The number of rotatable bonds is 4. The Labute approximate surface area is 150 Å². The lowest BCUT2D eigenvalue weighted by molar-refractivity contribution is -0.134. The Kier molecular flexibility index (Phi) is 4.91. The van der Waals surface area contributed by atoms with E-state index in [1.165, 1.54) is 0 Å². The third-order valence-corrected chi connectivity index (χ3v) is 4.23. The van der Waals surface area contributed by atoms with Gasteiger partial charge in [-0.2, -0.15) is 0 Å². The van der Waals surface area contributed by atoms with Gasteiger partial charge in [-0.1, -0.05) is 61.8 Å². The molecular formula is C20H17ClO4. The third-order valence-electron chi connectivity index (χ3n) is 3.91. The molecule has 0 heterocycles. The highest BCUT2D eigenvalue weighted by Crippen LogP contribution is 2.45. The molecule has 0 aliphatic heterocycles. The minimum Gasteiger partial charge on any atom is -0.425 e. The molecule has 0 N–H and O–H groups in total. The maximum absolute atomic E-state index is 11.9. The third kappa shape index (κ3) is 3.17. The lowest BCUT2D eigenvalue weighted by Crippen LogP contribution is -2.09. The molecule has 0 saturated carbocycles. The molecular weight excluding hydrogens is 340 g/mol. The van der Waals surface area contributed by atoms with Crippen molar-refractivity contribution in [1.29, 1.82) is 0 Å². The smallest absolute Gasteiger partial charge is 0.310 e. The van der Waals surface area contributed by atoms with Crippen molar-refractivity contribution in [2.45, 2.75) is 26.7 Å². The van der Waals surface area contributed by atoms with Crippen molar-refractivity contribution in [2.75, 3.05) is 0 Å². The predicted molar refractivity (Wildman–Crippen MR) is 98.3 cm³/mol. The van der Waals surface area contributed by atoms with Gasteiger partial charge in [0.1, 0.15) is 11.5 Å². The largest absolute Gasteiger partial charge is 0.425 e. The zero-order valence-corrected chi connectivity index (χ0v) is 14.7. The first-order valence-corrected chi connectivity index (χ1v) is 8.48. The lowest BCUT2D eigenvalue weighted by atomic mass is 10.0. The van der Waals surface area contributed by atoms with Gasteiger partial charge in [-0.25, -0.2) is 0 Å². The Morgan fingerprint density at radius 1 is 0.800 bits per heavy atom. The molecule has 128 valence electrons. The van der Waals surface area contributed by atoms with Crippen LogP contribution in [0.4, 0.5) is 0 Å². The summed E-state index contributed by atoms with van der Waals surface area (Å²) in [7, 11) is 0. The molecule has 3 aromatic rings. The molecule has 3 aromatic carbocycles. The predicted octanol–water partition coefficient (Wildman–Crippen LogP) is 5.28. The van der Waals surface area contributed by atoms with Crippen molar-refractivity contribution in [3.05, 3.63) is 47.5 Å². The van der Waals surface area contributed by atoms with Gasteiger partial charge >= 0.3 is 11.9 Å². The van der Waals surface area contributed by atoms with Gasteiger partial charge in [0, 0.05) is 34.4 Å². The van der Waals surface area contributed by atoms with E-state index in [4.69, 9.17) is 21.1 Å². The number of hydrogen-bond donors (Lipinski definition) is 0. The first-order valence-electron chi connectivity index (χ1n) is 8.11. The normalized spacial score (nSPS) is 10.8. The number of esters is 2. The molecule has 0 aromatic heterocycles. The molecule has 25 heavy (non-hydrogen) atoms. The van der Waals surface area contributed by atoms with E-state index < -0.39 is 0 Å². The minimum atomic E-state index is -0.357. The standard InChI is InChI=1S/C20H17ClO4/c1-3-16(22)24-19-12-8-5-6-9-13(12)20(25-17(23)4-2)18-14(19)10-7-11-15(18)21/h5-11H,3-4H2,1-2H3. The fourth-order valence-electron chi connectivity index (χ4n) is 2.69. The van der Waals surface area contributed by atoms with Crippen LogP contribution in [0.25, 0.3) is 21.5 Å². The van der Waals surface area contributed by atoms with E-state index in [1.54, 1.807) is 32.0 Å². The number of carbonyl (C=O) groups is 2. The van der Waals surface area contributed by atoms with E-state index in [1.807, 2.05) is 24.3 Å². The zero-order valence-electron chi connectivity index (χ0n) is 14.0. The number of halogens is 1. The van der Waals surface area contributed by atoms with Crippen LogP contribution < -0.4 is 9.47 Å². The van der Waals surface area contributed by atoms with Crippen LogP contribution in [0.3, 0.4) is 0 Å². The van der Waals surface area contributed by atoms with E-state index in [0.29, 0.717) is 38.1 Å². The van der Waals surface area contributed by atoms with Crippen LogP contribution >= 0.6 is 11.6 Å². The Morgan fingerprint density at radius 3 is 1.92 bits per heavy atom. The minimum absolute atomic E-state index is 0.243. The molecule has 0 unspecified atom stereocenters. The molecule has 0 aliphatic carbocycles. The highest BCUT2D eigenvalue weighted by atomic mass is 35.5. The molecule has 0 atom stereocenters. The number of hydrogen-bond acceptors (Lipinski definition) is 4. The number of ether oxygens (including phenoxy) is 2. The van der Waals surface area contributed by atoms with Crippen molar-refractivity contribution >= 4 is 45.1 Å². The van der Waals surface area contributed by atoms with Gasteiger partial charge in [0.2, 0.25) is 0 Å². The van der Waals surface area contributed by atoms with Crippen LogP contribution in [0.2, 0.25) is 5.02 Å². The summed E-state index contributed by atoms with van der Waals surface area (Å²) in [5.74, 6) is 0.116. The summed E-state index contributed by atoms with van der Waals surface area (Å²) in [5.41, 5.74) is 0. The summed E-state index contributed by atoms with van der Waals surface area (Å²) in [6, 6.07) is 12.6. The molecule has 0 fully saturated rings. The Bertz CT molecular complexity index is 978. The van der Waals surface area contributed by atoms with Crippen LogP contribution in [0.5, 0.6) is 11.5 Å². The van der Waals surface area contributed by atoms with Crippen LogP contribution in [-0.2, 0) is 9.59 Å². The molecule has 4 nitrogen and oxygen atoms in total. The number of carbonyl (C=O) groups excluding carboxylic acids is 2. The first kappa shape index (κ1) is 17.2. The van der Waals surface area contributed by atoms with Crippen molar-refractivity contribution in [1.82, 2.24) is 0 Å². The topological polar surface area (TPSA) is 52.6 Å². The van der Waals surface area contributed by atoms with E-state index in [9.17, 15) is 9.59 Å². The SMILES string of the molecule is CCC(=O)Oc1c2ccccc2c(OC(=O)CC)c2c(Cl)cccc12. The fourth-order valence-corrected chi connectivity index (χ4v) is 2.95. The van der Waals surface area contributed by atoms with Crippen LogP contribution in [0, 0.1) is 0 Å². The van der Waals surface area contributed by atoms with E-state index in [2.05, 4.69) is 0 Å². The summed E-state index contributed by atoms with van der Waals surface area (Å²) in [4.78, 5) is 23.9. The Hall–Kier alpha value is -2.59. The zero-order chi connectivity index (χ0) is 18.0. The van der Waals surface area contributed by atoms with E-state index in [-0.39, 0.29) is 24.8 Å². The van der Waals surface area contributed by atoms with Gasteiger partial charge in [-0.15, -0.1) is 0 Å². The second-order valence-corrected chi connectivity index (χ2v) is 5.93. The Morgan fingerprint density at radius 2 is 1.32 bits per heavy atom. The van der Waals surface area contributed by atoms with Gasteiger partial charge in [0.15, 0.2) is 0 Å². The van der Waals surface area contributed by atoms with E-state index in [0.717, 1.165) is 0 Å². The van der Waals surface area contributed by atoms with Crippen molar-refractivity contribution in [3.63, 3.8) is 0 Å². The molecule has 0 amide bonds. The van der Waals surface area contributed by atoms with Gasteiger partial charge < -0.3 is 9.47 Å². The second kappa shape index (κ2) is 7.11. The molecule has 0 aliphatic rings. The van der Waals surface area contributed by atoms with Gasteiger partial charge in [-0.05, 0) is 6.07 Å². The fraction of sp³-hybridized carbons (Fsp3) is 0.200. The monoisotopic (exact) mass is 356 g/mol. The van der Waals surface area contributed by atoms with Gasteiger partial charge in [0.25, 0.3) is 0 Å². The van der Waals surface area contributed by atoms with Crippen molar-refractivity contribution in [3.8, 4) is 11.5 Å². The van der Waals surface area contributed by atoms with Crippen LogP contribution in [0.1, 0.15) is 26.7 Å². The Balaban J connectivity index is 2.43. The maximum atomic E-state index is 11.9. The molecule has 3 rings (SSSR count). The first-order chi connectivity index (χ1) is 12.1. The van der Waals surface area contributed by atoms with E-state index >= 15 is 0 Å². The molecule has 0 spiro atoms. The number of fused-ring (bicyclic) bond motifs is 2. The molecule has 0 radical (unpaired) electrons.